The fourth-order valence-electron chi connectivity index (χ4n) is 1.23. The molecule has 96 valence electrons. The average Bonchev–Trinajstić information content (AvgIpc) is 2.45. The van der Waals surface area contributed by atoms with Crippen LogP contribution >= 0.6 is 0 Å². The fraction of sp³-hybridized carbons (Fsp3) is 0.0667. The van der Waals surface area contributed by atoms with Crippen LogP contribution in [0.15, 0.2) is 61.2 Å². The highest BCUT2D eigenvalue weighted by molar-refractivity contribution is 6.39. The van der Waals surface area contributed by atoms with E-state index in [1.807, 2.05) is 30.3 Å². The molecule has 0 aromatic heterocycles. The van der Waals surface area contributed by atoms with Crippen LogP contribution in [0.3, 0.4) is 0 Å². The van der Waals surface area contributed by atoms with Crippen LogP contribution < -0.4 is 0 Å². The molecule has 0 fully saturated rings. The Bertz CT molecular complexity index is 539. The van der Waals surface area contributed by atoms with E-state index in [1.165, 1.54) is 6.08 Å². The van der Waals surface area contributed by atoms with Gasteiger partial charge in [0, 0.05) is 6.08 Å². The molecule has 0 radical (unpaired) electrons. The number of rotatable bonds is 6. The van der Waals surface area contributed by atoms with Gasteiger partial charge in [-0.3, -0.25) is 0 Å². The molecule has 0 saturated heterocycles. The molecule has 0 aliphatic rings. The summed E-state index contributed by atoms with van der Waals surface area (Å²) in [4.78, 5) is 14.4. The molecule has 0 spiro atoms. The van der Waals surface area contributed by atoms with Gasteiger partial charge in [-0.15, -0.1) is 0 Å². The second-order valence-corrected chi connectivity index (χ2v) is 3.49. The van der Waals surface area contributed by atoms with Gasteiger partial charge in [-0.05, 0) is 17.7 Å². The van der Waals surface area contributed by atoms with Crippen LogP contribution in [0.25, 0.3) is 11.6 Å². The van der Waals surface area contributed by atoms with E-state index in [1.54, 1.807) is 24.3 Å². The zero-order valence-electron chi connectivity index (χ0n) is 10.4. The summed E-state index contributed by atoms with van der Waals surface area (Å²) in [5.41, 5.74) is 9.51. The lowest BCUT2D eigenvalue weighted by Gasteiger charge is -1.95. The van der Waals surface area contributed by atoms with E-state index in [-0.39, 0.29) is 12.3 Å². The maximum atomic E-state index is 11.5. The molecule has 0 unspecified atom stereocenters. The Balaban J connectivity index is 2.61. The van der Waals surface area contributed by atoms with E-state index < -0.39 is 5.97 Å². The molecule has 0 saturated carbocycles. The minimum atomic E-state index is -0.691. The van der Waals surface area contributed by atoms with Crippen molar-refractivity contribution in [1.82, 2.24) is 0 Å². The van der Waals surface area contributed by atoms with E-state index in [0.29, 0.717) is 0 Å². The molecule has 0 bridgehead atoms. The summed E-state index contributed by atoms with van der Waals surface area (Å²) in [5.74, 6) is -0.691. The summed E-state index contributed by atoms with van der Waals surface area (Å²) < 4.78 is 4.87. The van der Waals surface area contributed by atoms with Gasteiger partial charge in [0.25, 0.3) is 0 Å². The van der Waals surface area contributed by atoms with Crippen molar-refractivity contribution in [3.05, 3.63) is 72.3 Å². The normalized spacial score (nSPS) is 10.3. The van der Waals surface area contributed by atoms with Crippen molar-refractivity contribution in [2.75, 3.05) is 6.61 Å². The number of hydrogen-bond acceptors (Lipinski definition) is 2. The van der Waals surface area contributed by atoms with Crippen molar-refractivity contribution in [2.45, 2.75) is 0 Å². The number of hydrogen-bond donors (Lipinski definition) is 0. The Labute approximate surface area is 112 Å². The molecule has 1 rings (SSSR count). The lowest BCUT2D eigenvalue weighted by atomic mass is 10.2. The predicted molar refractivity (Wildman–Crippen MR) is 74.4 cm³/mol. The molecule has 19 heavy (non-hydrogen) atoms. The zero-order chi connectivity index (χ0) is 13.9. The molecule has 0 aliphatic heterocycles. The molecular weight excluding hydrogens is 240 g/mol. The monoisotopic (exact) mass is 254 g/mol. The minimum Gasteiger partial charge on any atom is -0.453 e. The summed E-state index contributed by atoms with van der Waals surface area (Å²) >= 11 is 0. The Hall–Kier alpha value is -2.71. The molecule has 1 aromatic rings. The van der Waals surface area contributed by atoms with Crippen LogP contribution in [0, 0.1) is 0 Å². The van der Waals surface area contributed by atoms with Crippen molar-refractivity contribution in [1.29, 1.82) is 0 Å². The van der Waals surface area contributed by atoms with Crippen molar-refractivity contribution < 1.29 is 14.3 Å². The third-order valence-electron chi connectivity index (χ3n) is 2.13. The van der Waals surface area contributed by atoms with E-state index in [9.17, 15) is 4.79 Å². The maximum absolute atomic E-state index is 11.5. The minimum absolute atomic E-state index is 0.100. The van der Waals surface area contributed by atoms with Crippen LogP contribution in [0.4, 0.5) is 0 Å². The molecule has 0 N–H and O–H groups in total. The van der Waals surface area contributed by atoms with E-state index >= 15 is 0 Å². The van der Waals surface area contributed by atoms with Crippen LogP contribution in [0.1, 0.15) is 5.56 Å². The molecule has 1 aromatic carbocycles. The molecule has 0 heterocycles. The maximum Gasteiger partial charge on any atom is 0.421 e. The second-order valence-electron chi connectivity index (χ2n) is 3.49. The lowest BCUT2D eigenvalue weighted by molar-refractivity contribution is -0.138. The van der Waals surface area contributed by atoms with Crippen molar-refractivity contribution in [3.63, 3.8) is 0 Å². The molecule has 0 atom stereocenters. The summed E-state index contributed by atoms with van der Waals surface area (Å²) in [7, 11) is 0. The second kappa shape index (κ2) is 8.39. The van der Waals surface area contributed by atoms with Gasteiger partial charge in [-0.25, -0.2) is 4.79 Å². The quantitative estimate of drug-likeness (QED) is 0.257. The topological polar surface area (TPSA) is 62.7 Å². The van der Waals surface area contributed by atoms with Gasteiger partial charge in [-0.1, -0.05) is 49.1 Å². The molecule has 4 nitrogen and oxygen atoms in total. The number of benzene rings is 1. The Morgan fingerprint density at radius 3 is 2.74 bits per heavy atom. The van der Waals surface area contributed by atoms with E-state index in [4.69, 9.17) is 10.3 Å². The first-order valence-electron chi connectivity index (χ1n) is 5.68. The van der Waals surface area contributed by atoms with Gasteiger partial charge in [0.1, 0.15) is 6.61 Å². The van der Waals surface area contributed by atoms with Gasteiger partial charge in [0.2, 0.25) is 0 Å². The molecule has 0 amide bonds. The third kappa shape index (κ3) is 5.44. The smallest absolute Gasteiger partial charge is 0.421 e. The van der Waals surface area contributed by atoms with Crippen molar-refractivity contribution in [2.24, 2.45) is 0 Å². The number of nitrogens with zero attached hydrogens (tertiary/aromatic N) is 2. The average molecular weight is 254 g/mol. The van der Waals surface area contributed by atoms with E-state index in [2.05, 4.69) is 11.4 Å². The Morgan fingerprint density at radius 2 is 2.11 bits per heavy atom. The SMILES string of the molecule is C=C/C=C\COC(=O)C(/C=C/c1ccccc1)=[N+]=[N-]. The van der Waals surface area contributed by atoms with E-state index in [0.717, 1.165) is 5.56 Å². The Kier molecular flexibility index (Phi) is 6.34. The first kappa shape index (κ1) is 14.4. The van der Waals surface area contributed by atoms with Gasteiger partial charge < -0.3 is 10.3 Å². The highest BCUT2D eigenvalue weighted by Crippen LogP contribution is 2.01. The molecule has 4 heteroatoms. The lowest BCUT2D eigenvalue weighted by Crippen LogP contribution is -2.16. The summed E-state index contributed by atoms with van der Waals surface area (Å²) in [6.45, 7) is 3.59. The highest BCUT2D eigenvalue weighted by Gasteiger charge is 2.17. The first-order chi connectivity index (χ1) is 9.27. The van der Waals surface area contributed by atoms with Gasteiger partial charge in [0.15, 0.2) is 0 Å². The molecular formula is C15H14N2O2. The summed E-state index contributed by atoms with van der Waals surface area (Å²) in [5, 5.41) is 0. The number of esters is 1. The van der Waals surface area contributed by atoms with Gasteiger partial charge in [-0.2, -0.15) is 4.79 Å². The Morgan fingerprint density at radius 1 is 1.37 bits per heavy atom. The summed E-state index contributed by atoms with van der Waals surface area (Å²) in [6, 6.07) is 9.35. The number of ether oxygens (including phenoxy) is 1. The largest absolute Gasteiger partial charge is 0.453 e. The number of carbonyl (C=O) groups excluding carboxylic acids is 1. The van der Waals surface area contributed by atoms with Crippen LogP contribution in [-0.4, -0.2) is 23.1 Å². The number of allylic oxidation sites excluding steroid dienone is 2. The van der Waals surface area contributed by atoms with Crippen LogP contribution in [-0.2, 0) is 9.53 Å². The van der Waals surface area contributed by atoms with Crippen molar-refractivity contribution in [3.8, 4) is 0 Å². The molecule has 0 aliphatic carbocycles. The van der Waals surface area contributed by atoms with Crippen molar-refractivity contribution >= 4 is 17.8 Å². The summed E-state index contributed by atoms with van der Waals surface area (Å²) in [6.07, 6.45) is 7.92. The first-order valence-corrected chi connectivity index (χ1v) is 5.68. The van der Waals surface area contributed by atoms with Gasteiger partial charge in [0.05, 0.1) is 0 Å². The number of carbonyl (C=O) groups is 1. The standard InChI is InChI=1S/C15H14N2O2/c1-2-3-7-12-19-15(18)14(17-16)11-10-13-8-5-4-6-9-13/h2-11H,1,12H2/b7-3-,11-10+. The highest BCUT2D eigenvalue weighted by atomic mass is 16.5. The van der Waals surface area contributed by atoms with Gasteiger partial charge >= 0.3 is 11.7 Å². The predicted octanol–water partition coefficient (Wildman–Crippen LogP) is 2.66. The zero-order valence-corrected chi connectivity index (χ0v) is 10.4. The third-order valence-corrected chi connectivity index (χ3v) is 2.13. The van der Waals surface area contributed by atoms with Crippen LogP contribution in [0.5, 0.6) is 0 Å². The van der Waals surface area contributed by atoms with Crippen LogP contribution in [0.2, 0.25) is 0 Å². The fourth-order valence-corrected chi connectivity index (χ4v) is 1.23.